The highest BCUT2D eigenvalue weighted by Gasteiger charge is 2.19. The van der Waals surface area contributed by atoms with Crippen molar-refractivity contribution in [2.75, 3.05) is 12.5 Å². The van der Waals surface area contributed by atoms with Gasteiger partial charge in [-0.1, -0.05) is 12.1 Å². The average Bonchev–Trinajstić information content (AvgIpc) is 3.37. The number of ether oxygens (including phenoxy) is 1. The Morgan fingerprint density at radius 3 is 2.87 bits per heavy atom. The molecular weight excluding hydrogens is 386 g/mol. The Balaban J connectivity index is 1.56. The van der Waals surface area contributed by atoms with Crippen LogP contribution in [-0.4, -0.2) is 27.8 Å². The fourth-order valence-electron chi connectivity index (χ4n) is 3.20. The lowest BCUT2D eigenvalue weighted by molar-refractivity contribution is -0.384. The first kappa shape index (κ1) is 19.2. The van der Waals surface area contributed by atoms with E-state index in [-0.39, 0.29) is 5.69 Å². The maximum atomic E-state index is 11.4. The molecule has 0 aliphatic heterocycles. The van der Waals surface area contributed by atoms with Crippen molar-refractivity contribution < 1.29 is 14.1 Å². The molecule has 4 rings (SSSR count). The Labute approximate surface area is 171 Å². The summed E-state index contributed by atoms with van der Waals surface area (Å²) in [5.74, 6) is 1.84. The Kier molecular flexibility index (Phi) is 5.17. The van der Waals surface area contributed by atoms with E-state index in [2.05, 4.69) is 15.5 Å². The minimum absolute atomic E-state index is 0.0954. The van der Waals surface area contributed by atoms with Gasteiger partial charge in [0, 0.05) is 6.54 Å². The molecule has 4 aromatic rings. The fraction of sp³-hybridized carbons (Fsp3) is 0.143. The first-order valence-corrected chi connectivity index (χ1v) is 9.27. The number of hydrogen-bond acceptors (Lipinski definition) is 7. The highest BCUT2D eigenvalue weighted by molar-refractivity contribution is 5.81. The largest absolute Gasteiger partial charge is 0.497 e. The third kappa shape index (κ3) is 3.60. The summed E-state index contributed by atoms with van der Waals surface area (Å²) in [7, 11) is 1.46. The van der Waals surface area contributed by atoms with Crippen LogP contribution >= 0.6 is 0 Å². The number of aromatic nitrogens is 2. The normalized spacial score (nSPS) is 11.3. The average molecular weight is 405 g/mol. The molecule has 9 heteroatoms. The summed E-state index contributed by atoms with van der Waals surface area (Å²) in [6, 6.07) is 15.8. The number of hydrazone groups is 1. The predicted octanol–water partition coefficient (Wildman–Crippen LogP) is 4.68. The zero-order valence-electron chi connectivity index (χ0n) is 16.4. The molecule has 0 amide bonds. The van der Waals surface area contributed by atoms with Crippen molar-refractivity contribution in [2.45, 2.75) is 13.5 Å². The number of para-hydroxylation sites is 2. The number of benzene rings is 2. The topological polar surface area (TPSA) is 108 Å². The van der Waals surface area contributed by atoms with Crippen LogP contribution in [0.1, 0.15) is 12.7 Å². The molecule has 2 aromatic heterocycles. The summed E-state index contributed by atoms with van der Waals surface area (Å²) in [6.45, 7) is 2.77. The highest BCUT2D eigenvalue weighted by Crippen LogP contribution is 2.34. The van der Waals surface area contributed by atoms with Gasteiger partial charge in [0.05, 0.1) is 40.9 Å². The van der Waals surface area contributed by atoms with Crippen LogP contribution < -0.4 is 10.2 Å². The van der Waals surface area contributed by atoms with Crippen LogP contribution in [0.15, 0.2) is 64.1 Å². The van der Waals surface area contributed by atoms with Crippen molar-refractivity contribution in [2.24, 2.45) is 5.10 Å². The van der Waals surface area contributed by atoms with Gasteiger partial charge < -0.3 is 13.7 Å². The number of aryl methyl sites for hydroxylation is 1. The zero-order chi connectivity index (χ0) is 21.1. The summed E-state index contributed by atoms with van der Waals surface area (Å²) in [6.07, 6.45) is 1.50. The molecule has 9 nitrogen and oxygen atoms in total. The van der Waals surface area contributed by atoms with Gasteiger partial charge in [-0.3, -0.25) is 10.1 Å². The smallest absolute Gasteiger partial charge is 0.284 e. The number of nitro benzene ring substituents is 1. The number of imidazole rings is 1. The van der Waals surface area contributed by atoms with Crippen LogP contribution in [-0.2, 0) is 6.54 Å². The number of nitrogens with zero attached hydrogens (tertiary/aromatic N) is 4. The lowest BCUT2D eigenvalue weighted by atomic mass is 10.1. The van der Waals surface area contributed by atoms with Gasteiger partial charge in [0.2, 0.25) is 5.95 Å². The first-order valence-electron chi connectivity index (χ1n) is 9.27. The molecule has 0 saturated carbocycles. The van der Waals surface area contributed by atoms with Crippen molar-refractivity contribution in [3.8, 4) is 17.1 Å². The lowest BCUT2D eigenvalue weighted by Gasteiger charge is -2.04. The summed E-state index contributed by atoms with van der Waals surface area (Å²) in [4.78, 5) is 15.5. The third-order valence-electron chi connectivity index (χ3n) is 4.62. The number of anilines is 1. The molecular formula is C21H19N5O4. The minimum atomic E-state index is -0.467. The van der Waals surface area contributed by atoms with Gasteiger partial charge in [-0.05, 0) is 43.3 Å². The molecule has 0 aliphatic carbocycles. The summed E-state index contributed by atoms with van der Waals surface area (Å²) in [5.41, 5.74) is 5.10. The molecule has 0 unspecified atom stereocenters. The molecule has 30 heavy (non-hydrogen) atoms. The van der Waals surface area contributed by atoms with E-state index in [0.717, 1.165) is 17.6 Å². The Hall–Kier alpha value is -4.14. The SMILES string of the molecule is CCn1c(N/N=C\c2ccc(-c3ccc(OC)cc3[N+](=O)[O-])o2)nc2ccccc21. The van der Waals surface area contributed by atoms with Gasteiger partial charge >= 0.3 is 0 Å². The molecule has 1 N–H and O–H groups in total. The molecule has 0 spiro atoms. The van der Waals surface area contributed by atoms with Gasteiger partial charge in [-0.25, -0.2) is 10.4 Å². The van der Waals surface area contributed by atoms with E-state index < -0.39 is 4.92 Å². The molecule has 2 heterocycles. The van der Waals surface area contributed by atoms with Gasteiger partial charge in [0.1, 0.15) is 17.3 Å². The second-order valence-corrected chi connectivity index (χ2v) is 6.38. The van der Waals surface area contributed by atoms with E-state index in [1.807, 2.05) is 35.8 Å². The maximum absolute atomic E-state index is 11.4. The molecule has 2 aromatic carbocycles. The molecule has 0 atom stereocenters. The van der Waals surface area contributed by atoms with E-state index in [1.165, 1.54) is 19.4 Å². The lowest BCUT2D eigenvalue weighted by Crippen LogP contribution is -2.01. The number of methoxy groups -OCH3 is 1. The van der Waals surface area contributed by atoms with Crippen molar-refractivity contribution >= 4 is 28.9 Å². The Morgan fingerprint density at radius 1 is 1.27 bits per heavy atom. The third-order valence-corrected chi connectivity index (χ3v) is 4.62. The second-order valence-electron chi connectivity index (χ2n) is 6.38. The van der Waals surface area contributed by atoms with Crippen LogP contribution in [0.2, 0.25) is 0 Å². The summed E-state index contributed by atoms with van der Waals surface area (Å²) < 4.78 is 12.8. The van der Waals surface area contributed by atoms with Gasteiger partial charge in [0.15, 0.2) is 0 Å². The molecule has 0 saturated heterocycles. The van der Waals surface area contributed by atoms with Gasteiger partial charge in [0.25, 0.3) is 5.69 Å². The standard InChI is InChI=1S/C21H19N5O4/c1-3-25-18-7-5-4-6-17(18)23-21(25)24-22-13-15-9-11-20(30-15)16-10-8-14(29-2)12-19(16)26(27)28/h4-13H,3H2,1-2H3,(H,23,24)/b22-13-. The van der Waals surface area contributed by atoms with E-state index in [0.29, 0.717) is 28.8 Å². The zero-order valence-corrected chi connectivity index (χ0v) is 16.4. The highest BCUT2D eigenvalue weighted by atomic mass is 16.6. The first-order chi connectivity index (χ1) is 14.6. The van der Waals surface area contributed by atoms with Gasteiger partial charge in [-0.2, -0.15) is 5.10 Å². The quantitative estimate of drug-likeness (QED) is 0.272. The van der Waals surface area contributed by atoms with E-state index >= 15 is 0 Å². The molecule has 0 aliphatic rings. The van der Waals surface area contributed by atoms with Crippen molar-refractivity contribution in [3.05, 3.63) is 70.5 Å². The van der Waals surface area contributed by atoms with Crippen LogP contribution in [0.3, 0.4) is 0 Å². The van der Waals surface area contributed by atoms with Gasteiger partial charge in [-0.15, -0.1) is 0 Å². The molecule has 0 fully saturated rings. The number of fused-ring (bicyclic) bond motifs is 1. The van der Waals surface area contributed by atoms with Crippen LogP contribution in [0.4, 0.5) is 11.6 Å². The van der Waals surface area contributed by atoms with Crippen molar-refractivity contribution in [3.63, 3.8) is 0 Å². The minimum Gasteiger partial charge on any atom is -0.497 e. The number of nitrogens with one attached hydrogen (secondary N) is 1. The second kappa shape index (κ2) is 8.08. The predicted molar refractivity (Wildman–Crippen MR) is 114 cm³/mol. The monoisotopic (exact) mass is 405 g/mol. The maximum Gasteiger partial charge on any atom is 0.284 e. The van der Waals surface area contributed by atoms with Crippen molar-refractivity contribution in [1.29, 1.82) is 0 Å². The Bertz CT molecular complexity index is 1240. The van der Waals surface area contributed by atoms with Crippen molar-refractivity contribution in [1.82, 2.24) is 9.55 Å². The molecule has 0 bridgehead atoms. The van der Waals surface area contributed by atoms with E-state index in [4.69, 9.17) is 9.15 Å². The number of nitro groups is 1. The number of hydrogen-bond donors (Lipinski definition) is 1. The molecule has 0 radical (unpaired) electrons. The van der Waals surface area contributed by atoms with E-state index in [1.54, 1.807) is 24.3 Å². The van der Waals surface area contributed by atoms with Crippen LogP contribution in [0.5, 0.6) is 5.75 Å². The fourth-order valence-corrected chi connectivity index (χ4v) is 3.20. The number of rotatable bonds is 7. The van der Waals surface area contributed by atoms with Crippen LogP contribution in [0, 0.1) is 10.1 Å². The van der Waals surface area contributed by atoms with E-state index in [9.17, 15) is 10.1 Å². The summed E-state index contributed by atoms with van der Waals surface area (Å²) in [5, 5.41) is 15.6. The number of furan rings is 1. The molecule has 152 valence electrons. The Morgan fingerprint density at radius 2 is 2.10 bits per heavy atom. The van der Waals surface area contributed by atoms with Crippen LogP contribution in [0.25, 0.3) is 22.4 Å². The summed E-state index contributed by atoms with van der Waals surface area (Å²) >= 11 is 0.